The number of esters is 1. The molecule has 15 heavy (non-hydrogen) atoms. The zero-order valence-corrected chi connectivity index (χ0v) is 8.52. The monoisotopic (exact) mass is 205 g/mol. The van der Waals surface area contributed by atoms with Gasteiger partial charge < -0.3 is 10.5 Å². The fourth-order valence-electron chi connectivity index (χ4n) is 1.58. The van der Waals surface area contributed by atoms with Crippen molar-refractivity contribution in [1.82, 2.24) is 9.78 Å². The smallest absolute Gasteiger partial charge is 0.359 e. The van der Waals surface area contributed by atoms with Crippen molar-refractivity contribution in [1.29, 1.82) is 0 Å². The van der Waals surface area contributed by atoms with Crippen LogP contribution in [0.5, 0.6) is 0 Å². The van der Waals surface area contributed by atoms with E-state index < -0.39 is 5.97 Å². The van der Waals surface area contributed by atoms with E-state index in [0.717, 1.165) is 5.52 Å². The first-order valence-electron chi connectivity index (χ1n) is 4.44. The number of hydrogen-bond donors (Lipinski definition) is 1. The first-order chi connectivity index (χ1) is 7.15. The number of rotatable bonds is 1. The second kappa shape index (κ2) is 3.27. The zero-order chi connectivity index (χ0) is 11.0. The number of methoxy groups -OCH3 is 1. The number of anilines is 1. The van der Waals surface area contributed by atoms with Gasteiger partial charge in [0.15, 0.2) is 5.69 Å². The molecule has 0 atom stereocenters. The fourth-order valence-corrected chi connectivity index (χ4v) is 1.58. The predicted octanol–water partition coefficient (Wildman–Crippen LogP) is 0.942. The molecule has 1 aromatic heterocycles. The number of fused-ring (bicyclic) bond motifs is 1. The van der Waals surface area contributed by atoms with Gasteiger partial charge in [-0.25, -0.2) is 4.79 Å². The summed E-state index contributed by atoms with van der Waals surface area (Å²) in [6, 6.07) is 5.40. The molecule has 2 rings (SSSR count). The molecule has 2 aromatic rings. The van der Waals surface area contributed by atoms with Crippen molar-refractivity contribution in [3.8, 4) is 0 Å². The maximum absolute atomic E-state index is 11.4. The topological polar surface area (TPSA) is 70.1 Å². The number of nitrogens with two attached hydrogens (primary N) is 1. The Balaban J connectivity index is 2.81. The van der Waals surface area contributed by atoms with Gasteiger partial charge in [-0.05, 0) is 12.1 Å². The molecule has 0 bridgehead atoms. The largest absolute Gasteiger partial charge is 0.464 e. The number of carbonyl (C=O) groups excluding carboxylic acids is 1. The molecule has 5 heteroatoms. The van der Waals surface area contributed by atoms with Crippen molar-refractivity contribution >= 4 is 22.6 Å². The number of benzene rings is 1. The van der Waals surface area contributed by atoms with Gasteiger partial charge >= 0.3 is 5.97 Å². The Morgan fingerprint density at radius 1 is 1.53 bits per heavy atom. The molecule has 0 spiro atoms. The average molecular weight is 205 g/mol. The summed E-state index contributed by atoms with van der Waals surface area (Å²) in [7, 11) is 3.08. The lowest BCUT2D eigenvalue weighted by Gasteiger charge is -1.98. The fraction of sp³-hybridized carbons (Fsp3) is 0.200. The number of aromatic nitrogens is 2. The normalized spacial score (nSPS) is 10.5. The van der Waals surface area contributed by atoms with E-state index in [9.17, 15) is 4.79 Å². The number of hydrogen-bond acceptors (Lipinski definition) is 4. The summed E-state index contributed by atoms with van der Waals surface area (Å²) >= 11 is 0. The minimum absolute atomic E-state index is 0.258. The molecule has 0 aliphatic heterocycles. The van der Waals surface area contributed by atoms with Gasteiger partial charge in [-0.2, -0.15) is 5.10 Å². The molecule has 0 amide bonds. The molecule has 0 aliphatic carbocycles. The SMILES string of the molecule is COC(=O)c1nn(C)c2cccc(N)c12. The highest BCUT2D eigenvalue weighted by Gasteiger charge is 2.17. The number of nitrogen functional groups attached to an aromatic ring is 1. The Morgan fingerprint density at radius 3 is 2.93 bits per heavy atom. The van der Waals surface area contributed by atoms with Crippen LogP contribution < -0.4 is 5.73 Å². The summed E-state index contributed by atoms with van der Waals surface area (Å²) < 4.78 is 6.25. The van der Waals surface area contributed by atoms with E-state index in [1.165, 1.54) is 7.11 Å². The van der Waals surface area contributed by atoms with Gasteiger partial charge in [0, 0.05) is 12.7 Å². The molecular weight excluding hydrogens is 194 g/mol. The minimum Gasteiger partial charge on any atom is -0.464 e. The van der Waals surface area contributed by atoms with Crippen LogP contribution in [-0.4, -0.2) is 22.9 Å². The van der Waals surface area contributed by atoms with E-state index >= 15 is 0 Å². The van der Waals surface area contributed by atoms with Crippen molar-refractivity contribution < 1.29 is 9.53 Å². The zero-order valence-electron chi connectivity index (χ0n) is 8.52. The molecule has 0 fully saturated rings. The van der Waals surface area contributed by atoms with E-state index in [2.05, 4.69) is 9.84 Å². The van der Waals surface area contributed by atoms with E-state index in [4.69, 9.17) is 5.73 Å². The van der Waals surface area contributed by atoms with Crippen molar-refractivity contribution in [2.75, 3.05) is 12.8 Å². The van der Waals surface area contributed by atoms with Gasteiger partial charge in [0.25, 0.3) is 0 Å². The molecule has 78 valence electrons. The lowest BCUT2D eigenvalue weighted by Crippen LogP contribution is -2.04. The third kappa shape index (κ3) is 1.32. The molecule has 0 saturated heterocycles. The van der Waals surface area contributed by atoms with Crippen molar-refractivity contribution in [3.05, 3.63) is 23.9 Å². The predicted molar refractivity (Wildman–Crippen MR) is 56.5 cm³/mol. The Labute approximate surface area is 86.4 Å². The summed E-state index contributed by atoms with van der Waals surface area (Å²) in [5.74, 6) is -0.474. The van der Waals surface area contributed by atoms with E-state index in [1.54, 1.807) is 17.8 Å². The molecule has 1 heterocycles. The minimum atomic E-state index is -0.474. The van der Waals surface area contributed by atoms with Crippen LogP contribution in [-0.2, 0) is 11.8 Å². The van der Waals surface area contributed by atoms with E-state index in [1.807, 2.05) is 12.1 Å². The number of nitrogens with zero attached hydrogens (tertiary/aromatic N) is 2. The highest BCUT2D eigenvalue weighted by atomic mass is 16.5. The van der Waals surface area contributed by atoms with Gasteiger partial charge in [-0.1, -0.05) is 6.07 Å². The molecular formula is C10H11N3O2. The van der Waals surface area contributed by atoms with Crippen LogP contribution in [0.3, 0.4) is 0 Å². The molecule has 1 aromatic carbocycles. The lowest BCUT2D eigenvalue weighted by molar-refractivity contribution is 0.0595. The van der Waals surface area contributed by atoms with Crippen LogP contribution in [0.25, 0.3) is 10.9 Å². The Morgan fingerprint density at radius 2 is 2.27 bits per heavy atom. The van der Waals surface area contributed by atoms with Crippen molar-refractivity contribution in [3.63, 3.8) is 0 Å². The van der Waals surface area contributed by atoms with Crippen LogP contribution in [0, 0.1) is 0 Å². The maximum Gasteiger partial charge on any atom is 0.359 e. The summed E-state index contributed by atoms with van der Waals surface area (Å²) in [4.78, 5) is 11.4. The number of ether oxygens (including phenoxy) is 1. The maximum atomic E-state index is 11.4. The first kappa shape index (κ1) is 9.51. The molecule has 0 aliphatic rings. The summed E-state index contributed by atoms with van der Waals surface area (Å²) in [6.07, 6.45) is 0. The summed E-state index contributed by atoms with van der Waals surface area (Å²) in [6.45, 7) is 0. The van der Waals surface area contributed by atoms with Gasteiger partial charge in [0.05, 0.1) is 18.0 Å². The standard InChI is InChI=1S/C10H11N3O2/c1-13-7-5-3-4-6(11)8(7)9(12-13)10(14)15-2/h3-5H,11H2,1-2H3. The van der Waals surface area contributed by atoms with E-state index in [-0.39, 0.29) is 5.69 Å². The van der Waals surface area contributed by atoms with Crippen LogP contribution >= 0.6 is 0 Å². The van der Waals surface area contributed by atoms with E-state index in [0.29, 0.717) is 11.1 Å². The third-order valence-electron chi connectivity index (χ3n) is 2.29. The van der Waals surface area contributed by atoms with Crippen molar-refractivity contribution in [2.24, 2.45) is 7.05 Å². The summed E-state index contributed by atoms with van der Waals surface area (Å²) in [5.41, 5.74) is 7.40. The Kier molecular flexibility index (Phi) is 2.07. The van der Waals surface area contributed by atoms with Crippen LogP contribution in [0.4, 0.5) is 5.69 Å². The van der Waals surface area contributed by atoms with Gasteiger partial charge in [-0.15, -0.1) is 0 Å². The average Bonchev–Trinajstić information content (AvgIpc) is 2.57. The van der Waals surface area contributed by atoms with Crippen molar-refractivity contribution in [2.45, 2.75) is 0 Å². The Hall–Kier alpha value is -2.04. The highest BCUT2D eigenvalue weighted by Crippen LogP contribution is 2.24. The molecule has 0 radical (unpaired) electrons. The molecule has 0 unspecified atom stereocenters. The quantitative estimate of drug-likeness (QED) is 0.555. The van der Waals surface area contributed by atoms with Gasteiger partial charge in [0.1, 0.15) is 0 Å². The highest BCUT2D eigenvalue weighted by molar-refractivity contribution is 6.07. The number of carbonyl (C=O) groups is 1. The third-order valence-corrected chi connectivity index (χ3v) is 2.29. The van der Waals surface area contributed by atoms with Crippen LogP contribution in [0.1, 0.15) is 10.5 Å². The van der Waals surface area contributed by atoms with Gasteiger partial charge in [-0.3, -0.25) is 4.68 Å². The van der Waals surface area contributed by atoms with Crippen LogP contribution in [0.2, 0.25) is 0 Å². The second-order valence-electron chi connectivity index (χ2n) is 3.21. The second-order valence-corrected chi connectivity index (χ2v) is 3.21. The summed E-state index contributed by atoms with van der Waals surface area (Å²) in [5, 5.41) is 4.73. The molecule has 0 saturated carbocycles. The molecule has 5 nitrogen and oxygen atoms in total. The number of aryl methyl sites for hydroxylation is 1. The van der Waals surface area contributed by atoms with Crippen LogP contribution in [0.15, 0.2) is 18.2 Å². The first-order valence-corrected chi connectivity index (χ1v) is 4.44. The molecule has 2 N–H and O–H groups in total. The Bertz CT molecular complexity index is 531. The lowest BCUT2D eigenvalue weighted by atomic mass is 10.2. The van der Waals surface area contributed by atoms with Gasteiger partial charge in [0.2, 0.25) is 0 Å².